The van der Waals surface area contributed by atoms with Crippen molar-refractivity contribution in [1.82, 2.24) is 10.2 Å². The number of ether oxygens (including phenoxy) is 1. The quantitative estimate of drug-likeness (QED) is 0.562. The Morgan fingerprint density at radius 3 is 2.30 bits per heavy atom. The molecule has 156 valence electrons. The van der Waals surface area contributed by atoms with Crippen molar-refractivity contribution < 1.29 is 23.9 Å². The maximum Gasteiger partial charge on any atom is 0.338 e. The molecule has 3 rings (SSSR count). The van der Waals surface area contributed by atoms with E-state index in [2.05, 4.69) is 5.32 Å². The van der Waals surface area contributed by atoms with Gasteiger partial charge in [-0.05, 0) is 36.6 Å². The van der Waals surface area contributed by atoms with Gasteiger partial charge in [-0.15, -0.1) is 0 Å². The first-order valence-corrected chi connectivity index (χ1v) is 9.80. The van der Waals surface area contributed by atoms with Gasteiger partial charge in [0.15, 0.2) is 6.10 Å². The summed E-state index contributed by atoms with van der Waals surface area (Å²) < 4.78 is 5.21. The minimum atomic E-state index is -0.976. The van der Waals surface area contributed by atoms with Crippen LogP contribution in [0.4, 0.5) is 0 Å². The molecule has 1 aliphatic rings. The van der Waals surface area contributed by atoms with Gasteiger partial charge in [0.1, 0.15) is 0 Å². The van der Waals surface area contributed by atoms with Crippen molar-refractivity contribution >= 4 is 23.7 Å². The molecular weight excluding hydrogens is 384 g/mol. The molecule has 3 amide bonds. The lowest BCUT2D eigenvalue weighted by molar-refractivity contribution is -0.129. The van der Waals surface area contributed by atoms with Crippen LogP contribution >= 0.6 is 0 Å². The zero-order valence-corrected chi connectivity index (χ0v) is 17.2. The molecule has 2 aromatic carbocycles. The van der Waals surface area contributed by atoms with Crippen molar-refractivity contribution in [2.75, 3.05) is 6.54 Å². The number of benzene rings is 2. The van der Waals surface area contributed by atoms with Crippen LogP contribution in [-0.4, -0.2) is 41.2 Å². The maximum atomic E-state index is 12.8. The van der Waals surface area contributed by atoms with Crippen LogP contribution in [0.15, 0.2) is 48.5 Å². The van der Waals surface area contributed by atoms with Gasteiger partial charge < -0.3 is 10.1 Å². The van der Waals surface area contributed by atoms with Crippen LogP contribution in [0, 0.1) is 5.92 Å². The van der Waals surface area contributed by atoms with Gasteiger partial charge >= 0.3 is 5.97 Å². The van der Waals surface area contributed by atoms with Crippen LogP contribution in [0.3, 0.4) is 0 Å². The summed E-state index contributed by atoms with van der Waals surface area (Å²) in [5, 5.41) is 2.70. The van der Waals surface area contributed by atoms with Crippen molar-refractivity contribution in [3.05, 3.63) is 70.8 Å². The van der Waals surface area contributed by atoms with Crippen LogP contribution < -0.4 is 5.32 Å². The molecular formula is C23H24N2O5. The van der Waals surface area contributed by atoms with Gasteiger partial charge in [0, 0.05) is 6.54 Å². The van der Waals surface area contributed by atoms with Gasteiger partial charge in [0.05, 0.1) is 23.2 Å². The molecule has 2 aromatic rings. The second-order valence-electron chi connectivity index (χ2n) is 7.63. The summed E-state index contributed by atoms with van der Waals surface area (Å²) in [7, 11) is 0. The molecule has 0 saturated carbocycles. The fourth-order valence-electron chi connectivity index (χ4n) is 3.06. The first-order chi connectivity index (χ1) is 14.3. The van der Waals surface area contributed by atoms with Gasteiger partial charge in [-0.2, -0.15) is 0 Å². The van der Waals surface area contributed by atoms with E-state index < -0.39 is 29.8 Å². The van der Waals surface area contributed by atoms with E-state index in [1.54, 1.807) is 0 Å². The Morgan fingerprint density at radius 2 is 1.63 bits per heavy atom. The standard InChI is InChI=1S/C23H24N2O5/c1-14(2)12-24-20(26)15(3)30-23(29)17-9-10-18-19(11-17)22(28)25(21(18)27)13-16-7-5-4-6-8-16/h4-11,14-15H,12-13H2,1-3H3,(H,24,26). The van der Waals surface area contributed by atoms with E-state index in [4.69, 9.17) is 4.74 Å². The van der Waals surface area contributed by atoms with E-state index in [1.807, 2.05) is 44.2 Å². The number of imide groups is 1. The van der Waals surface area contributed by atoms with E-state index in [0.717, 1.165) is 10.5 Å². The SMILES string of the molecule is CC(C)CNC(=O)C(C)OC(=O)c1ccc2c(c1)C(=O)N(Cc1ccccc1)C2=O. The number of nitrogens with zero attached hydrogens (tertiary/aromatic N) is 1. The highest BCUT2D eigenvalue weighted by atomic mass is 16.5. The van der Waals surface area contributed by atoms with Crippen LogP contribution in [0.25, 0.3) is 0 Å². The molecule has 1 unspecified atom stereocenters. The Labute approximate surface area is 175 Å². The average Bonchev–Trinajstić information content (AvgIpc) is 2.97. The molecule has 0 bridgehead atoms. The molecule has 30 heavy (non-hydrogen) atoms. The molecule has 0 saturated heterocycles. The molecule has 1 heterocycles. The molecule has 0 aliphatic carbocycles. The van der Waals surface area contributed by atoms with Gasteiger partial charge in [-0.1, -0.05) is 44.2 Å². The summed E-state index contributed by atoms with van der Waals surface area (Å²) in [6, 6.07) is 13.4. The number of fused-ring (bicyclic) bond motifs is 1. The first kappa shape index (κ1) is 21.2. The highest BCUT2D eigenvalue weighted by molar-refractivity contribution is 6.21. The lowest BCUT2D eigenvalue weighted by atomic mass is 10.1. The molecule has 0 fully saturated rings. The van der Waals surface area contributed by atoms with E-state index in [-0.39, 0.29) is 29.2 Å². The molecule has 1 atom stereocenters. The second kappa shape index (κ2) is 8.90. The minimum absolute atomic E-state index is 0.111. The zero-order chi connectivity index (χ0) is 21.8. The molecule has 0 radical (unpaired) electrons. The third kappa shape index (κ3) is 4.56. The van der Waals surface area contributed by atoms with Gasteiger partial charge in [-0.25, -0.2) is 4.79 Å². The van der Waals surface area contributed by atoms with Crippen molar-refractivity contribution in [3.8, 4) is 0 Å². The van der Waals surface area contributed by atoms with Crippen molar-refractivity contribution in [2.24, 2.45) is 5.92 Å². The summed E-state index contributed by atoms with van der Waals surface area (Å²) in [5.41, 5.74) is 1.34. The third-order valence-electron chi connectivity index (χ3n) is 4.73. The van der Waals surface area contributed by atoms with Crippen LogP contribution in [0.5, 0.6) is 0 Å². The Bertz CT molecular complexity index is 984. The number of rotatable bonds is 7. The highest BCUT2D eigenvalue weighted by Gasteiger charge is 2.36. The molecule has 7 heteroatoms. The number of amides is 3. The van der Waals surface area contributed by atoms with Crippen LogP contribution in [0.2, 0.25) is 0 Å². The molecule has 0 spiro atoms. The Balaban J connectivity index is 1.71. The minimum Gasteiger partial charge on any atom is -0.449 e. The third-order valence-corrected chi connectivity index (χ3v) is 4.73. The summed E-state index contributed by atoms with van der Waals surface area (Å²) in [5.74, 6) is -1.71. The van der Waals surface area contributed by atoms with E-state index in [1.165, 1.54) is 25.1 Å². The van der Waals surface area contributed by atoms with E-state index >= 15 is 0 Å². The highest BCUT2D eigenvalue weighted by Crippen LogP contribution is 2.26. The average molecular weight is 408 g/mol. The van der Waals surface area contributed by atoms with Crippen molar-refractivity contribution in [3.63, 3.8) is 0 Å². The lowest BCUT2D eigenvalue weighted by Crippen LogP contribution is -2.37. The fraction of sp³-hybridized carbons (Fsp3) is 0.304. The predicted molar refractivity (Wildman–Crippen MR) is 110 cm³/mol. The smallest absolute Gasteiger partial charge is 0.338 e. The maximum absolute atomic E-state index is 12.8. The number of nitrogens with one attached hydrogen (secondary N) is 1. The molecule has 1 N–H and O–H groups in total. The molecule has 7 nitrogen and oxygen atoms in total. The number of hydrogen-bond acceptors (Lipinski definition) is 5. The van der Waals surface area contributed by atoms with E-state index in [9.17, 15) is 19.2 Å². The number of carbonyl (C=O) groups is 4. The van der Waals surface area contributed by atoms with Crippen molar-refractivity contribution in [1.29, 1.82) is 0 Å². The first-order valence-electron chi connectivity index (χ1n) is 9.80. The number of hydrogen-bond donors (Lipinski definition) is 1. The van der Waals surface area contributed by atoms with Crippen LogP contribution in [0.1, 0.15) is 57.4 Å². The summed E-state index contributed by atoms with van der Waals surface area (Å²) in [6.07, 6.45) is -0.976. The Morgan fingerprint density at radius 1 is 0.967 bits per heavy atom. The zero-order valence-electron chi connectivity index (χ0n) is 17.2. The topological polar surface area (TPSA) is 92.8 Å². The normalized spacial score (nSPS) is 13.9. The Hall–Kier alpha value is -3.48. The van der Waals surface area contributed by atoms with Gasteiger partial charge in [-0.3, -0.25) is 19.3 Å². The van der Waals surface area contributed by atoms with Crippen molar-refractivity contribution in [2.45, 2.75) is 33.4 Å². The van der Waals surface area contributed by atoms with Gasteiger partial charge in [0.25, 0.3) is 17.7 Å². The summed E-state index contributed by atoms with van der Waals surface area (Å²) in [4.78, 5) is 51.0. The number of carbonyl (C=O) groups excluding carboxylic acids is 4. The fourth-order valence-corrected chi connectivity index (χ4v) is 3.06. The lowest BCUT2D eigenvalue weighted by Gasteiger charge is -2.14. The number of esters is 1. The molecule has 0 aromatic heterocycles. The second-order valence-corrected chi connectivity index (χ2v) is 7.63. The van der Waals surface area contributed by atoms with Gasteiger partial charge in [0.2, 0.25) is 0 Å². The monoisotopic (exact) mass is 408 g/mol. The Kier molecular flexibility index (Phi) is 6.30. The largest absolute Gasteiger partial charge is 0.449 e. The molecule has 1 aliphatic heterocycles. The summed E-state index contributed by atoms with van der Waals surface area (Å²) in [6.45, 7) is 6.03. The van der Waals surface area contributed by atoms with Crippen LogP contribution in [-0.2, 0) is 16.1 Å². The van der Waals surface area contributed by atoms with E-state index in [0.29, 0.717) is 6.54 Å². The summed E-state index contributed by atoms with van der Waals surface area (Å²) >= 11 is 0. The predicted octanol–water partition coefficient (Wildman–Crippen LogP) is 2.80.